The highest BCUT2D eigenvalue weighted by Gasteiger charge is 2.31. The van der Waals surface area contributed by atoms with Crippen LogP contribution in [0.5, 0.6) is 5.75 Å². The predicted octanol–water partition coefficient (Wildman–Crippen LogP) is 5.65. The third-order valence-electron chi connectivity index (χ3n) is 4.58. The molecule has 0 N–H and O–H groups in total. The van der Waals surface area contributed by atoms with Crippen molar-refractivity contribution in [3.8, 4) is 5.75 Å². The molecular weight excluding hydrogens is 355 g/mol. The van der Waals surface area contributed by atoms with Crippen LogP contribution in [0.15, 0.2) is 24.3 Å². The molecule has 2 aromatic carbocycles. The van der Waals surface area contributed by atoms with Crippen molar-refractivity contribution >= 4 is 5.97 Å². The molecule has 2 aromatic rings. The van der Waals surface area contributed by atoms with E-state index >= 15 is 0 Å². The summed E-state index contributed by atoms with van der Waals surface area (Å²) in [5, 5.41) is 0. The molecule has 0 amide bonds. The predicted molar refractivity (Wildman–Crippen MR) is 83.5 cm³/mol. The molecule has 0 unspecified atom stereocenters. The van der Waals surface area contributed by atoms with Crippen LogP contribution in [0.25, 0.3) is 0 Å². The first-order chi connectivity index (χ1) is 12.4. The first kappa shape index (κ1) is 18.4. The smallest absolute Gasteiger partial charge is 0.349 e. The van der Waals surface area contributed by atoms with Gasteiger partial charge in [-0.15, -0.1) is 0 Å². The Balaban J connectivity index is 1.80. The number of benzene rings is 2. The lowest BCUT2D eigenvalue weighted by molar-refractivity contribution is 0.0721. The zero-order chi connectivity index (χ0) is 18.8. The number of carbonyl (C=O) groups is 1. The van der Waals surface area contributed by atoms with Gasteiger partial charge in [0.05, 0.1) is 0 Å². The first-order valence-electron chi connectivity index (χ1n) is 8.23. The van der Waals surface area contributed by atoms with Crippen LogP contribution in [0.4, 0.5) is 22.0 Å². The van der Waals surface area contributed by atoms with Crippen LogP contribution in [0, 0.1) is 29.1 Å². The van der Waals surface area contributed by atoms with Gasteiger partial charge in [0.2, 0.25) is 5.82 Å². The summed E-state index contributed by atoms with van der Waals surface area (Å²) in [6.45, 7) is 0. The summed E-state index contributed by atoms with van der Waals surface area (Å²) in [4.78, 5) is 11.9. The van der Waals surface area contributed by atoms with Gasteiger partial charge < -0.3 is 4.74 Å². The maximum absolute atomic E-state index is 13.6. The highest BCUT2D eigenvalue weighted by Crippen LogP contribution is 2.33. The second-order valence-electron chi connectivity index (χ2n) is 6.24. The number of ether oxygens (including phenoxy) is 1. The molecule has 1 aliphatic carbocycles. The lowest BCUT2D eigenvalue weighted by Crippen LogP contribution is -2.17. The molecule has 2 nitrogen and oxygen atoms in total. The van der Waals surface area contributed by atoms with Gasteiger partial charge >= 0.3 is 5.97 Å². The Bertz CT molecular complexity index is 798. The number of rotatable bonds is 3. The van der Waals surface area contributed by atoms with Crippen LogP contribution in [0.1, 0.15) is 53.9 Å². The number of carbonyl (C=O) groups excluding carboxylic acids is 1. The fraction of sp³-hybridized carbons (Fsp3) is 0.316. The Morgan fingerprint density at radius 1 is 0.769 bits per heavy atom. The largest absolute Gasteiger partial charge is 0.423 e. The molecule has 3 rings (SSSR count). The highest BCUT2D eigenvalue weighted by molar-refractivity contribution is 5.91. The molecule has 7 heteroatoms. The molecule has 0 radical (unpaired) electrons. The van der Waals surface area contributed by atoms with Crippen molar-refractivity contribution in [3.05, 3.63) is 64.5 Å². The lowest BCUT2D eigenvalue weighted by Gasteiger charge is -2.22. The molecule has 0 atom stereocenters. The number of hydrogen-bond acceptors (Lipinski definition) is 2. The Kier molecular flexibility index (Phi) is 5.25. The van der Waals surface area contributed by atoms with Gasteiger partial charge in [-0.3, -0.25) is 0 Å². The van der Waals surface area contributed by atoms with Crippen LogP contribution < -0.4 is 4.74 Å². The minimum atomic E-state index is -2.33. The van der Waals surface area contributed by atoms with Gasteiger partial charge in [0, 0.05) is 0 Å². The molecule has 138 valence electrons. The molecule has 1 fully saturated rings. The van der Waals surface area contributed by atoms with E-state index in [2.05, 4.69) is 0 Å². The summed E-state index contributed by atoms with van der Waals surface area (Å²) in [5.41, 5.74) is -0.557. The molecule has 0 saturated heterocycles. The maximum atomic E-state index is 13.6. The van der Waals surface area contributed by atoms with Crippen molar-refractivity contribution in [3.63, 3.8) is 0 Å². The van der Waals surface area contributed by atoms with Crippen molar-refractivity contribution in [1.29, 1.82) is 0 Å². The zero-order valence-electron chi connectivity index (χ0n) is 13.6. The van der Waals surface area contributed by atoms with Crippen LogP contribution >= 0.6 is 0 Å². The third-order valence-corrected chi connectivity index (χ3v) is 4.58. The Hall–Kier alpha value is -2.44. The summed E-state index contributed by atoms with van der Waals surface area (Å²) in [6.07, 6.45) is 5.60. The zero-order valence-corrected chi connectivity index (χ0v) is 13.6. The monoisotopic (exact) mass is 370 g/mol. The normalized spacial score (nSPS) is 15.1. The van der Waals surface area contributed by atoms with E-state index in [0.717, 1.165) is 31.2 Å². The highest BCUT2D eigenvalue weighted by atomic mass is 19.2. The second kappa shape index (κ2) is 7.43. The van der Waals surface area contributed by atoms with Crippen molar-refractivity contribution in [2.45, 2.75) is 38.0 Å². The molecule has 0 spiro atoms. The van der Waals surface area contributed by atoms with Crippen molar-refractivity contribution in [1.82, 2.24) is 0 Å². The minimum Gasteiger partial charge on any atom is -0.423 e. The molecule has 0 aliphatic heterocycles. The van der Waals surface area contributed by atoms with Crippen LogP contribution in [0.3, 0.4) is 0 Å². The van der Waals surface area contributed by atoms with Gasteiger partial charge in [-0.2, -0.15) is 0 Å². The van der Waals surface area contributed by atoms with E-state index in [0.29, 0.717) is 5.92 Å². The summed E-state index contributed by atoms with van der Waals surface area (Å²) < 4.78 is 71.5. The number of esters is 1. The van der Waals surface area contributed by atoms with Crippen LogP contribution in [0.2, 0.25) is 0 Å². The van der Waals surface area contributed by atoms with Crippen molar-refractivity contribution in [2.24, 2.45) is 0 Å². The Morgan fingerprint density at radius 3 is 1.81 bits per heavy atom. The molecule has 1 aliphatic rings. The average molecular weight is 370 g/mol. The fourth-order valence-electron chi connectivity index (χ4n) is 3.19. The van der Waals surface area contributed by atoms with Crippen molar-refractivity contribution in [2.75, 3.05) is 0 Å². The fourth-order valence-corrected chi connectivity index (χ4v) is 3.19. The Morgan fingerprint density at radius 2 is 1.27 bits per heavy atom. The van der Waals surface area contributed by atoms with Crippen molar-refractivity contribution < 1.29 is 31.5 Å². The standard InChI is InChI=1S/C19H15F5O2/c20-14-13(15(21)17(23)18(24)16(14)22)19(25)26-12-8-6-11(7-9-12)10-4-2-1-3-5-10/h6-10H,1-5H2. The summed E-state index contributed by atoms with van der Waals surface area (Å²) in [5.74, 6) is -12.4. The molecule has 1 saturated carbocycles. The topological polar surface area (TPSA) is 26.3 Å². The number of hydrogen-bond donors (Lipinski definition) is 0. The average Bonchev–Trinajstić information content (AvgIpc) is 2.66. The van der Waals surface area contributed by atoms with E-state index in [1.807, 2.05) is 0 Å². The van der Waals surface area contributed by atoms with Crippen LogP contribution in [-0.4, -0.2) is 5.97 Å². The van der Waals surface area contributed by atoms with E-state index in [1.165, 1.54) is 18.6 Å². The van der Waals surface area contributed by atoms with Gasteiger partial charge in [0.15, 0.2) is 23.3 Å². The second-order valence-corrected chi connectivity index (χ2v) is 6.24. The van der Waals surface area contributed by atoms with Gasteiger partial charge in [-0.25, -0.2) is 26.7 Å². The molecule has 0 aromatic heterocycles. The first-order valence-corrected chi connectivity index (χ1v) is 8.23. The minimum absolute atomic E-state index is 0.0431. The Labute approximate surface area is 146 Å². The van der Waals surface area contributed by atoms with Gasteiger partial charge in [-0.05, 0) is 36.5 Å². The van der Waals surface area contributed by atoms with E-state index < -0.39 is 40.6 Å². The molecular formula is C19H15F5O2. The van der Waals surface area contributed by atoms with E-state index in [4.69, 9.17) is 4.74 Å². The number of halogens is 5. The lowest BCUT2D eigenvalue weighted by atomic mass is 9.84. The maximum Gasteiger partial charge on any atom is 0.349 e. The summed E-state index contributed by atoms with van der Waals surface area (Å²) >= 11 is 0. The van der Waals surface area contributed by atoms with Crippen LogP contribution in [-0.2, 0) is 0 Å². The quantitative estimate of drug-likeness (QED) is 0.229. The third kappa shape index (κ3) is 3.43. The van der Waals surface area contributed by atoms with Gasteiger partial charge in [0.1, 0.15) is 11.3 Å². The molecule has 26 heavy (non-hydrogen) atoms. The van der Waals surface area contributed by atoms with E-state index in [9.17, 15) is 26.7 Å². The molecule has 0 heterocycles. The molecule has 0 bridgehead atoms. The summed E-state index contributed by atoms with van der Waals surface area (Å²) in [7, 11) is 0. The SMILES string of the molecule is O=C(Oc1ccc(C2CCCCC2)cc1)c1c(F)c(F)c(F)c(F)c1F. The van der Waals surface area contributed by atoms with Gasteiger partial charge in [-0.1, -0.05) is 31.4 Å². The van der Waals surface area contributed by atoms with E-state index in [1.54, 1.807) is 12.1 Å². The van der Waals surface area contributed by atoms with E-state index in [-0.39, 0.29) is 5.75 Å². The summed E-state index contributed by atoms with van der Waals surface area (Å²) in [6, 6.07) is 6.34. The van der Waals surface area contributed by atoms with Gasteiger partial charge in [0.25, 0.3) is 0 Å².